The molecule has 0 radical (unpaired) electrons. The van der Waals surface area contributed by atoms with Gasteiger partial charge < -0.3 is 24.3 Å². The quantitative estimate of drug-likeness (QED) is 0.161. The number of halogens is 3. The number of rotatable bonds is 11. The van der Waals surface area contributed by atoms with Gasteiger partial charge in [0, 0.05) is 22.3 Å². The summed E-state index contributed by atoms with van der Waals surface area (Å²) in [4.78, 5) is 65.2. The first kappa shape index (κ1) is 34.3. The summed E-state index contributed by atoms with van der Waals surface area (Å²) in [6.45, 7) is 4.97. The molecule has 1 N–H and O–H groups in total. The molecule has 1 aromatic carbocycles. The Balaban J connectivity index is 2.05. The topological polar surface area (TPSA) is 134 Å². The van der Waals surface area contributed by atoms with E-state index in [1.54, 1.807) is 13.8 Å². The molecule has 0 bridgehead atoms. The zero-order valence-corrected chi connectivity index (χ0v) is 29.7. The Hall–Kier alpha value is -1.24. The molecular weight excluding hydrogens is 875 g/mol. The van der Waals surface area contributed by atoms with Crippen LogP contribution < -0.4 is 5.32 Å². The molecule has 0 aliphatic heterocycles. The largest absolute Gasteiger partial charge is 0.463 e. The molecule has 0 saturated heterocycles. The lowest BCUT2D eigenvalue weighted by Gasteiger charge is -2.25. The van der Waals surface area contributed by atoms with E-state index in [0.717, 1.165) is 51.4 Å². The van der Waals surface area contributed by atoms with Gasteiger partial charge in [-0.3, -0.25) is 4.79 Å². The fraction of sp³-hybridized carbons (Fsp3) is 0.607. The van der Waals surface area contributed by atoms with E-state index in [1.807, 2.05) is 67.8 Å². The number of esters is 4. The molecule has 1 aromatic rings. The second-order valence-corrected chi connectivity index (χ2v) is 13.2. The van der Waals surface area contributed by atoms with Gasteiger partial charge in [0.1, 0.15) is 0 Å². The molecular formula is C28H34I3NO9. The zero-order valence-electron chi connectivity index (χ0n) is 23.2. The van der Waals surface area contributed by atoms with Crippen molar-refractivity contribution in [1.29, 1.82) is 0 Å². The van der Waals surface area contributed by atoms with Crippen LogP contribution in [0.15, 0.2) is 0 Å². The van der Waals surface area contributed by atoms with Crippen LogP contribution in [0.5, 0.6) is 0 Å². The molecule has 2 aliphatic carbocycles. The number of nitrogens with one attached hydrogen (secondary N) is 1. The van der Waals surface area contributed by atoms with Crippen molar-refractivity contribution < 1.29 is 42.9 Å². The summed E-state index contributed by atoms with van der Waals surface area (Å²) in [5.41, 5.74) is 0.270. The minimum atomic E-state index is -1.09. The molecule has 0 spiro atoms. The Bertz CT molecular complexity index is 1100. The highest BCUT2D eigenvalue weighted by atomic mass is 127. The fourth-order valence-electron chi connectivity index (χ4n) is 5.30. The Morgan fingerprint density at radius 2 is 1.07 bits per heavy atom. The minimum absolute atomic E-state index is 0.0168. The van der Waals surface area contributed by atoms with Gasteiger partial charge in [0.15, 0.2) is 0 Å². The summed E-state index contributed by atoms with van der Waals surface area (Å²) >= 11 is 5.72. The Labute approximate surface area is 280 Å². The minimum Gasteiger partial charge on any atom is -0.463 e. The highest BCUT2D eigenvalue weighted by molar-refractivity contribution is 14.1. The predicted octanol–water partition coefficient (Wildman–Crippen LogP) is 6.02. The number of ether oxygens (including phenoxy) is 4. The Morgan fingerprint density at radius 1 is 0.707 bits per heavy atom. The van der Waals surface area contributed by atoms with Crippen LogP contribution >= 0.6 is 67.8 Å². The van der Waals surface area contributed by atoms with Gasteiger partial charge >= 0.3 is 23.9 Å². The highest BCUT2D eigenvalue weighted by Crippen LogP contribution is 2.39. The second-order valence-electron chi connectivity index (χ2n) is 9.99. The van der Waals surface area contributed by atoms with Crippen LogP contribution in [0.3, 0.4) is 0 Å². The first-order chi connectivity index (χ1) is 19.5. The summed E-state index contributed by atoms with van der Waals surface area (Å²) in [5.74, 6) is -3.62. The molecule has 3 rings (SSSR count). The average Bonchev–Trinajstić information content (AvgIpc) is 3.63. The van der Waals surface area contributed by atoms with E-state index in [9.17, 15) is 24.0 Å². The molecule has 2 aliphatic rings. The van der Waals surface area contributed by atoms with Crippen LogP contribution in [0.2, 0.25) is 0 Å². The van der Waals surface area contributed by atoms with Crippen LogP contribution in [0.1, 0.15) is 92.9 Å². The monoisotopic (exact) mass is 909 g/mol. The van der Waals surface area contributed by atoms with Gasteiger partial charge in [-0.2, -0.15) is 0 Å². The molecule has 41 heavy (non-hydrogen) atoms. The van der Waals surface area contributed by atoms with Gasteiger partial charge in [0.25, 0.3) is 0 Å². The third-order valence-electron chi connectivity index (χ3n) is 7.19. The van der Waals surface area contributed by atoms with E-state index in [2.05, 4.69) is 5.32 Å². The first-order valence-electron chi connectivity index (χ1n) is 13.7. The number of anilines is 1. The van der Waals surface area contributed by atoms with Crippen LogP contribution in [-0.4, -0.2) is 55.2 Å². The van der Waals surface area contributed by atoms with E-state index in [0.29, 0.717) is 7.14 Å². The van der Waals surface area contributed by atoms with Gasteiger partial charge in [-0.25, -0.2) is 19.2 Å². The van der Waals surface area contributed by atoms with Gasteiger partial charge in [-0.15, -0.1) is 0 Å². The van der Waals surface area contributed by atoms with Crippen molar-refractivity contribution in [2.45, 2.75) is 84.3 Å². The smallest absolute Gasteiger partial charge is 0.347 e. The third-order valence-corrected chi connectivity index (χ3v) is 10.4. The molecule has 2 atom stereocenters. The SMILES string of the molecule is CCOC(=O)C(OC(=O)c1c(I)c(NC(C)=O)c(I)c(C(=O)OC(C(=O)OCC)C2CCCC2)c1I)C1CCCC1. The molecule has 10 nitrogen and oxygen atoms in total. The van der Waals surface area contributed by atoms with Crippen LogP contribution in [0.25, 0.3) is 0 Å². The third kappa shape index (κ3) is 8.44. The molecule has 226 valence electrons. The van der Waals surface area contributed by atoms with Crippen LogP contribution in [0, 0.1) is 22.5 Å². The molecule has 2 fully saturated rings. The van der Waals surface area contributed by atoms with Gasteiger partial charge in [0.2, 0.25) is 18.1 Å². The van der Waals surface area contributed by atoms with Gasteiger partial charge in [-0.1, -0.05) is 25.7 Å². The molecule has 13 heteroatoms. The van der Waals surface area contributed by atoms with Gasteiger partial charge in [0.05, 0.1) is 37.2 Å². The molecule has 1 amide bonds. The van der Waals surface area contributed by atoms with Crippen LogP contribution in [-0.2, 0) is 33.3 Å². The lowest BCUT2D eigenvalue weighted by molar-refractivity contribution is -0.157. The first-order valence-corrected chi connectivity index (χ1v) is 17.0. The molecule has 2 saturated carbocycles. The molecule has 0 heterocycles. The maximum absolute atomic E-state index is 13.7. The van der Waals surface area contributed by atoms with E-state index in [-0.39, 0.29) is 45.4 Å². The van der Waals surface area contributed by atoms with Crippen molar-refractivity contribution in [2.24, 2.45) is 11.8 Å². The van der Waals surface area contributed by atoms with Crippen molar-refractivity contribution in [2.75, 3.05) is 18.5 Å². The van der Waals surface area contributed by atoms with E-state index < -0.39 is 42.0 Å². The summed E-state index contributed by atoms with van der Waals surface area (Å²) in [7, 11) is 0. The summed E-state index contributed by atoms with van der Waals surface area (Å²) in [6.07, 6.45) is 4.39. The van der Waals surface area contributed by atoms with Crippen molar-refractivity contribution in [1.82, 2.24) is 0 Å². The Morgan fingerprint density at radius 3 is 1.39 bits per heavy atom. The normalized spacial score (nSPS) is 17.0. The molecule has 0 aromatic heterocycles. The summed E-state index contributed by atoms with van der Waals surface area (Å²) < 4.78 is 22.9. The zero-order chi connectivity index (χ0) is 30.3. The van der Waals surface area contributed by atoms with E-state index >= 15 is 0 Å². The fourth-order valence-corrected chi connectivity index (χ4v) is 9.62. The summed E-state index contributed by atoms with van der Waals surface area (Å²) in [5, 5.41) is 2.71. The number of amides is 1. The van der Waals surface area contributed by atoms with Crippen molar-refractivity contribution in [3.8, 4) is 0 Å². The van der Waals surface area contributed by atoms with E-state index in [1.165, 1.54) is 6.92 Å². The number of hydrogen-bond acceptors (Lipinski definition) is 9. The number of hydrogen-bond donors (Lipinski definition) is 1. The van der Waals surface area contributed by atoms with E-state index in [4.69, 9.17) is 18.9 Å². The van der Waals surface area contributed by atoms with Crippen molar-refractivity contribution in [3.63, 3.8) is 0 Å². The van der Waals surface area contributed by atoms with Crippen molar-refractivity contribution in [3.05, 3.63) is 21.8 Å². The standard InChI is InChI=1S/C28H34I3NO9/c1-4-38-27(36)23(15-10-6-7-11-15)40-25(34)17-19(29)18(21(31)22(20(17)30)32-14(3)33)26(35)41-24(28(37)39-5-2)16-12-8-9-13-16/h15-16,23-24H,4-13H2,1-3H3,(H,32,33). The Kier molecular flexibility index (Phi) is 13.4. The lowest BCUT2D eigenvalue weighted by atomic mass is 10.0. The maximum Gasteiger partial charge on any atom is 0.347 e. The summed E-state index contributed by atoms with van der Waals surface area (Å²) in [6, 6.07) is 0. The number of carbonyl (C=O) groups is 5. The maximum atomic E-state index is 13.7. The lowest BCUT2D eigenvalue weighted by Crippen LogP contribution is -2.36. The number of benzene rings is 1. The highest BCUT2D eigenvalue weighted by Gasteiger charge is 2.40. The molecule has 2 unspecified atom stereocenters. The predicted molar refractivity (Wildman–Crippen MR) is 174 cm³/mol. The van der Waals surface area contributed by atoms with Crippen LogP contribution in [0.4, 0.5) is 5.69 Å². The van der Waals surface area contributed by atoms with Gasteiger partial charge in [-0.05, 0) is 107 Å². The average molecular weight is 909 g/mol. The number of carbonyl (C=O) groups excluding carboxylic acids is 5. The van der Waals surface area contributed by atoms with Crippen molar-refractivity contribution >= 4 is 103 Å². The second kappa shape index (κ2) is 16.0.